The van der Waals surface area contributed by atoms with Crippen molar-refractivity contribution >= 4 is 23.7 Å². The molecule has 2 rings (SSSR count). The average molecular weight is 438 g/mol. The number of hydrogen-bond acceptors (Lipinski definition) is 7. The van der Waals surface area contributed by atoms with Crippen LogP contribution in [-0.4, -0.2) is 62.3 Å². The molecule has 30 heavy (non-hydrogen) atoms. The molecule has 0 saturated carbocycles. The van der Waals surface area contributed by atoms with Crippen LogP contribution in [0.2, 0.25) is 0 Å². The lowest BCUT2D eigenvalue weighted by atomic mass is 10.3. The Labute approximate surface area is 179 Å². The lowest BCUT2D eigenvalue weighted by molar-refractivity contribution is -0.134. The van der Waals surface area contributed by atoms with Gasteiger partial charge in [0.15, 0.2) is 0 Å². The van der Waals surface area contributed by atoms with Crippen molar-refractivity contribution in [2.45, 2.75) is 36.8 Å². The maximum absolute atomic E-state index is 9.80. The summed E-state index contributed by atoms with van der Waals surface area (Å²) in [6.07, 6.45) is 4.33. The van der Waals surface area contributed by atoms with Crippen molar-refractivity contribution in [3.05, 3.63) is 54.9 Å². The Bertz CT molecular complexity index is 762. The van der Waals surface area contributed by atoms with E-state index in [1.165, 1.54) is 0 Å². The Morgan fingerprint density at radius 1 is 1.20 bits per heavy atom. The van der Waals surface area contributed by atoms with E-state index in [0.717, 1.165) is 16.5 Å². The maximum Gasteiger partial charge on any atom is 0.328 e. The van der Waals surface area contributed by atoms with Gasteiger partial charge in [-0.3, -0.25) is 4.68 Å². The number of carbonyl (C=O) groups is 2. The van der Waals surface area contributed by atoms with Crippen molar-refractivity contribution in [2.75, 3.05) is 13.2 Å². The van der Waals surface area contributed by atoms with E-state index in [1.807, 2.05) is 55.1 Å². The van der Waals surface area contributed by atoms with Gasteiger partial charge in [0.2, 0.25) is 0 Å². The molecule has 1 aromatic carbocycles. The van der Waals surface area contributed by atoms with Gasteiger partial charge in [-0.15, -0.1) is 11.8 Å². The third-order valence-electron chi connectivity index (χ3n) is 3.32. The minimum atomic E-state index is -1.26. The molecule has 0 aliphatic carbocycles. The Kier molecular flexibility index (Phi) is 11.9. The van der Waals surface area contributed by atoms with Gasteiger partial charge in [-0.2, -0.15) is 5.10 Å². The molecule has 0 fully saturated rings. The number of carboxylic acid groups (broad SMARTS) is 2. The first-order valence-corrected chi connectivity index (χ1v) is 10.1. The lowest BCUT2D eigenvalue weighted by Crippen LogP contribution is -2.35. The number of aliphatic hydroxyl groups is 1. The van der Waals surface area contributed by atoms with Crippen LogP contribution < -0.4 is 10.1 Å². The molecule has 0 aliphatic heterocycles. The highest BCUT2D eigenvalue weighted by atomic mass is 32.2. The van der Waals surface area contributed by atoms with Gasteiger partial charge in [0, 0.05) is 42.0 Å². The molecule has 0 radical (unpaired) electrons. The number of carboxylic acids is 2. The quantitative estimate of drug-likeness (QED) is 0.308. The Morgan fingerprint density at radius 3 is 2.33 bits per heavy atom. The van der Waals surface area contributed by atoms with Crippen LogP contribution in [0.5, 0.6) is 5.75 Å². The van der Waals surface area contributed by atoms with Gasteiger partial charge < -0.3 is 25.4 Å². The Morgan fingerprint density at radius 2 is 1.83 bits per heavy atom. The second-order valence-corrected chi connectivity index (χ2v) is 7.35. The molecule has 0 bridgehead atoms. The standard InChI is InChI=1S/C16H23N3O2S.C4H4O4/c1-13(2)17-10-14(20)11-21-15-4-6-16(7-5-15)22-12-19-9-3-8-18-19;5-3(6)1-2-4(7)8/h3-9,13-14,17,20H,10-12H2,1-2H3;1-2H,(H,5,6)(H,7,8). The Balaban J connectivity index is 0.000000479. The molecule has 2 aromatic rings. The van der Waals surface area contributed by atoms with Crippen molar-refractivity contribution in [2.24, 2.45) is 0 Å². The van der Waals surface area contributed by atoms with Gasteiger partial charge in [0.25, 0.3) is 0 Å². The summed E-state index contributed by atoms with van der Waals surface area (Å²) in [6.45, 7) is 4.93. The second kappa shape index (κ2) is 14.2. The predicted octanol–water partition coefficient (Wildman–Crippen LogP) is 2.08. The van der Waals surface area contributed by atoms with Gasteiger partial charge >= 0.3 is 11.9 Å². The summed E-state index contributed by atoms with van der Waals surface area (Å²) in [5.41, 5.74) is 0. The zero-order chi connectivity index (χ0) is 22.4. The topological polar surface area (TPSA) is 134 Å². The van der Waals surface area contributed by atoms with Gasteiger partial charge in [-0.1, -0.05) is 13.8 Å². The smallest absolute Gasteiger partial charge is 0.328 e. The minimum absolute atomic E-state index is 0.291. The molecule has 1 unspecified atom stereocenters. The molecule has 0 saturated heterocycles. The van der Waals surface area contributed by atoms with E-state index in [-0.39, 0.29) is 0 Å². The van der Waals surface area contributed by atoms with E-state index in [0.29, 0.717) is 31.3 Å². The first-order valence-electron chi connectivity index (χ1n) is 9.14. The van der Waals surface area contributed by atoms with E-state index in [9.17, 15) is 14.7 Å². The van der Waals surface area contributed by atoms with Crippen LogP contribution in [0.1, 0.15) is 13.8 Å². The number of rotatable bonds is 11. The highest BCUT2D eigenvalue weighted by molar-refractivity contribution is 7.98. The molecule has 0 amide bonds. The van der Waals surface area contributed by atoms with Crippen molar-refractivity contribution in [1.29, 1.82) is 0 Å². The van der Waals surface area contributed by atoms with Gasteiger partial charge in [-0.05, 0) is 30.3 Å². The first kappa shape index (κ1) is 25.2. The predicted molar refractivity (Wildman–Crippen MR) is 114 cm³/mol. The third-order valence-corrected chi connectivity index (χ3v) is 4.32. The number of benzene rings is 1. The molecule has 164 valence electrons. The summed E-state index contributed by atoms with van der Waals surface area (Å²) < 4.78 is 7.47. The van der Waals surface area contributed by atoms with Crippen LogP contribution in [0.4, 0.5) is 0 Å². The maximum atomic E-state index is 9.80. The van der Waals surface area contributed by atoms with Gasteiger partial charge in [0.05, 0.1) is 5.88 Å². The number of nitrogens with one attached hydrogen (secondary N) is 1. The van der Waals surface area contributed by atoms with Crippen molar-refractivity contribution < 1.29 is 29.6 Å². The van der Waals surface area contributed by atoms with Crippen molar-refractivity contribution in [1.82, 2.24) is 15.1 Å². The largest absolute Gasteiger partial charge is 0.491 e. The normalized spacial score (nSPS) is 11.7. The van der Waals surface area contributed by atoms with E-state index in [4.69, 9.17) is 14.9 Å². The number of aliphatic carboxylic acids is 2. The summed E-state index contributed by atoms with van der Waals surface area (Å²) in [5.74, 6) is -0.959. The van der Waals surface area contributed by atoms with Crippen LogP contribution in [0.3, 0.4) is 0 Å². The number of hydrogen-bond donors (Lipinski definition) is 4. The number of thioether (sulfide) groups is 1. The molecule has 0 aliphatic rings. The van der Waals surface area contributed by atoms with Crippen molar-refractivity contribution in [3.63, 3.8) is 0 Å². The zero-order valence-corrected chi connectivity index (χ0v) is 17.7. The molecule has 1 atom stereocenters. The Hall–Kier alpha value is -2.82. The number of aliphatic hydroxyl groups excluding tert-OH is 1. The molecule has 1 heterocycles. The van der Waals surface area contributed by atoms with Crippen LogP contribution in [0, 0.1) is 0 Å². The number of nitrogens with zero attached hydrogens (tertiary/aromatic N) is 2. The third kappa shape index (κ3) is 12.6. The second-order valence-electron chi connectivity index (χ2n) is 6.33. The summed E-state index contributed by atoms with van der Waals surface area (Å²) in [6, 6.07) is 10.2. The average Bonchev–Trinajstić information content (AvgIpc) is 3.22. The summed E-state index contributed by atoms with van der Waals surface area (Å²) in [5, 5.41) is 32.8. The fraction of sp³-hybridized carbons (Fsp3) is 0.350. The molecule has 0 spiro atoms. The minimum Gasteiger partial charge on any atom is -0.491 e. The highest BCUT2D eigenvalue weighted by Crippen LogP contribution is 2.22. The lowest BCUT2D eigenvalue weighted by Gasteiger charge is -2.15. The monoisotopic (exact) mass is 437 g/mol. The SMILES string of the molecule is CC(C)NCC(O)COc1ccc(SCn2cccn2)cc1.O=C(O)C=CC(=O)O. The fourth-order valence-corrected chi connectivity index (χ4v) is 2.68. The molecular formula is C20H27N3O6S. The van der Waals surface area contributed by atoms with E-state index in [1.54, 1.807) is 18.0 Å². The van der Waals surface area contributed by atoms with Crippen LogP contribution in [-0.2, 0) is 15.5 Å². The number of ether oxygens (including phenoxy) is 1. The van der Waals surface area contributed by atoms with Crippen LogP contribution in [0.15, 0.2) is 59.8 Å². The summed E-state index contributed by atoms with van der Waals surface area (Å²) in [7, 11) is 0. The molecule has 10 heteroatoms. The van der Waals surface area contributed by atoms with Crippen molar-refractivity contribution in [3.8, 4) is 5.75 Å². The fourth-order valence-electron chi connectivity index (χ4n) is 1.92. The molecule has 1 aromatic heterocycles. The highest BCUT2D eigenvalue weighted by Gasteiger charge is 2.06. The number of aromatic nitrogens is 2. The van der Waals surface area contributed by atoms with E-state index >= 15 is 0 Å². The van der Waals surface area contributed by atoms with Crippen LogP contribution in [0.25, 0.3) is 0 Å². The first-order chi connectivity index (χ1) is 14.3. The molecule has 4 N–H and O–H groups in total. The van der Waals surface area contributed by atoms with E-state index in [2.05, 4.69) is 10.4 Å². The van der Waals surface area contributed by atoms with Gasteiger partial charge in [0.1, 0.15) is 18.5 Å². The van der Waals surface area contributed by atoms with Gasteiger partial charge in [-0.25, -0.2) is 9.59 Å². The zero-order valence-electron chi connectivity index (χ0n) is 16.8. The summed E-state index contributed by atoms with van der Waals surface area (Å²) in [4.78, 5) is 20.3. The van der Waals surface area contributed by atoms with Crippen LogP contribution >= 0.6 is 11.8 Å². The molecule has 9 nitrogen and oxygen atoms in total. The summed E-state index contributed by atoms with van der Waals surface area (Å²) >= 11 is 1.71. The molecular weight excluding hydrogens is 410 g/mol. The van der Waals surface area contributed by atoms with E-state index < -0.39 is 18.0 Å².